The molecular formula is C19H23N3O3. The van der Waals surface area contributed by atoms with E-state index in [4.69, 9.17) is 9.47 Å². The molecule has 1 aliphatic carbocycles. The van der Waals surface area contributed by atoms with Crippen LogP contribution in [0.4, 0.5) is 5.82 Å². The van der Waals surface area contributed by atoms with E-state index in [2.05, 4.69) is 10.4 Å². The topological polar surface area (TPSA) is 65.4 Å². The van der Waals surface area contributed by atoms with E-state index >= 15 is 0 Å². The molecule has 0 spiro atoms. The highest BCUT2D eigenvalue weighted by Gasteiger charge is 2.32. The van der Waals surface area contributed by atoms with Crippen LogP contribution < -0.4 is 14.8 Å². The van der Waals surface area contributed by atoms with Gasteiger partial charge in [0.05, 0.1) is 26.5 Å². The smallest absolute Gasteiger partial charge is 0.226 e. The largest absolute Gasteiger partial charge is 0.493 e. The molecule has 2 aromatic rings. The van der Waals surface area contributed by atoms with Crippen molar-refractivity contribution in [3.63, 3.8) is 0 Å². The average molecular weight is 341 g/mol. The van der Waals surface area contributed by atoms with Crippen LogP contribution in [0.2, 0.25) is 0 Å². The molecule has 1 saturated carbocycles. The van der Waals surface area contributed by atoms with Crippen LogP contribution in [0.15, 0.2) is 24.4 Å². The van der Waals surface area contributed by atoms with Crippen molar-refractivity contribution in [1.82, 2.24) is 9.78 Å². The molecule has 1 N–H and O–H groups in total. The van der Waals surface area contributed by atoms with E-state index in [1.165, 1.54) is 12.8 Å². The molecule has 2 heterocycles. The van der Waals surface area contributed by atoms with Crippen molar-refractivity contribution in [3.05, 3.63) is 35.5 Å². The molecule has 1 aliphatic heterocycles. The van der Waals surface area contributed by atoms with Gasteiger partial charge in [0, 0.05) is 17.9 Å². The number of anilines is 1. The molecule has 1 amide bonds. The van der Waals surface area contributed by atoms with E-state index in [-0.39, 0.29) is 11.8 Å². The number of nitrogens with one attached hydrogen (secondary N) is 1. The monoisotopic (exact) mass is 341 g/mol. The van der Waals surface area contributed by atoms with Gasteiger partial charge in [0.25, 0.3) is 0 Å². The third-order valence-corrected chi connectivity index (χ3v) is 5.33. The highest BCUT2D eigenvalue weighted by atomic mass is 16.5. The van der Waals surface area contributed by atoms with Gasteiger partial charge in [-0.1, -0.05) is 18.9 Å². The predicted molar refractivity (Wildman–Crippen MR) is 94.4 cm³/mol. The van der Waals surface area contributed by atoms with Gasteiger partial charge in [-0.3, -0.25) is 4.79 Å². The lowest BCUT2D eigenvalue weighted by atomic mass is 9.87. The van der Waals surface area contributed by atoms with Gasteiger partial charge < -0.3 is 14.8 Å². The van der Waals surface area contributed by atoms with Crippen molar-refractivity contribution in [1.29, 1.82) is 0 Å². The Labute approximate surface area is 147 Å². The normalized spacial score (nSPS) is 20.2. The zero-order valence-electron chi connectivity index (χ0n) is 14.6. The van der Waals surface area contributed by atoms with Crippen molar-refractivity contribution < 1.29 is 14.3 Å². The summed E-state index contributed by atoms with van der Waals surface area (Å²) >= 11 is 0. The fraction of sp³-hybridized carbons (Fsp3) is 0.474. The van der Waals surface area contributed by atoms with E-state index in [0.717, 1.165) is 29.8 Å². The summed E-state index contributed by atoms with van der Waals surface area (Å²) in [5, 5.41) is 7.65. The molecule has 4 rings (SSSR count). The first-order chi connectivity index (χ1) is 12.2. The first-order valence-corrected chi connectivity index (χ1v) is 8.80. The molecule has 1 fully saturated rings. The van der Waals surface area contributed by atoms with Gasteiger partial charge in [0.2, 0.25) is 5.91 Å². The van der Waals surface area contributed by atoms with Crippen LogP contribution in [-0.2, 0) is 4.79 Å². The fourth-order valence-corrected chi connectivity index (χ4v) is 4.03. The van der Waals surface area contributed by atoms with E-state index in [9.17, 15) is 4.79 Å². The number of ether oxygens (including phenoxy) is 2. The summed E-state index contributed by atoms with van der Waals surface area (Å²) in [5.74, 6) is 2.25. The number of amides is 1. The van der Waals surface area contributed by atoms with Gasteiger partial charge in [-0.25, -0.2) is 4.68 Å². The van der Waals surface area contributed by atoms with Crippen LogP contribution in [0.25, 0.3) is 0 Å². The molecule has 6 nitrogen and oxygen atoms in total. The SMILES string of the molecule is COc1ccc(C2CC(=O)Nc3c2cnn3C2CCCC2)cc1OC. The van der Waals surface area contributed by atoms with Crippen LogP contribution >= 0.6 is 0 Å². The number of aromatic nitrogens is 2. The van der Waals surface area contributed by atoms with Gasteiger partial charge in [-0.15, -0.1) is 0 Å². The van der Waals surface area contributed by atoms with Crippen LogP contribution in [0, 0.1) is 0 Å². The van der Waals surface area contributed by atoms with Crippen LogP contribution in [0.3, 0.4) is 0 Å². The Morgan fingerprint density at radius 3 is 2.64 bits per heavy atom. The van der Waals surface area contributed by atoms with Crippen molar-refractivity contribution in [3.8, 4) is 11.5 Å². The average Bonchev–Trinajstić information content (AvgIpc) is 3.29. The molecule has 1 aromatic carbocycles. The van der Waals surface area contributed by atoms with E-state index < -0.39 is 0 Å². The van der Waals surface area contributed by atoms with Crippen LogP contribution in [0.1, 0.15) is 55.2 Å². The lowest BCUT2D eigenvalue weighted by molar-refractivity contribution is -0.116. The Morgan fingerprint density at radius 2 is 1.92 bits per heavy atom. The highest BCUT2D eigenvalue weighted by molar-refractivity contribution is 5.94. The highest BCUT2D eigenvalue weighted by Crippen LogP contribution is 2.42. The van der Waals surface area contributed by atoms with Crippen molar-refractivity contribution in [2.24, 2.45) is 0 Å². The van der Waals surface area contributed by atoms with E-state index in [0.29, 0.717) is 24.0 Å². The number of carbonyl (C=O) groups is 1. The molecular weight excluding hydrogens is 318 g/mol. The molecule has 25 heavy (non-hydrogen) atoms. The van der Waals surface area contributed by atoms with Gasteiger partial charge in [-0.2, -0.15) is 5.10 Å². The second kappa shape index (κ2) is 6.43. The lowest BCUT2D eigenvalue weighted by Crippen LogP contribution is -2.25. The summed E-state index contributed by atoms with van der Waals surface area (Å²) in [7, 11) is 3.24. The summed E-state index contributed by atoms with van der Waals surface area (Å²) in [6.07, 6.45) is 7.04. The summed E-state index contributed by atoms with van der Waals surface area (Å²) in [6, 6.07) is 6.25. The summed E-state index contributed by atoms with van der Waals surface area (Å²) in [5.41, 5.74) is 2.12. The minimum Gasteiger partial charge on any atom is -0.493 e. The second-order valence-corrected chi connectivity index (χ2v) is 6.75. The number of nitrogens with zero attached hydrogens (tertiary/aromatic N) is 2. The Hall–Kier alpha value is -2.50. The first kappa shape index (κ1) is 16.0. The first-order valence-electron chi connectivity index (χ1n) is 8.80. The Bertz CT molecular complexity index is 793. The number of hydrogen-bond donors (Lipinski definition) is 1. The quantitative estimate of drug-likeness (QED) is 0.924. The van der Waals surface area contributed by atoms with E-state index in [1.54, 1.807) is 14.2 Å². The number of carbonyl (C=O) groups excluding carboxylic acids is 1. The third-order valence-electron chi connectivity index (χ3n) is 5.33. The van der Waals surface area contributed by atoms with Crippen molar-refractivity contribution in [2.75, 3.05) is 19.5 Å². The number of hydrogen-bond acceptors (Lipinski definition) is 4. The Kier molecular flexibility index (Phi) is 4.11. The Morgan fingerprint density at radius 1 is 1.16 bits per heavy atom. The fourth-order valence-electron chi connectivity index (χ4n) is 4.03. The van der Waals surface area contributed by atoms with E-state index in [1.807, 2.05) is 29.1 Å². The number of fused-ring (bicyclic) bond motifs is 1. The van der Waals surface area contributed by atoms with Gasteiger partial charge in [0.1, 0.15) is 5.82 Å². The minimum absolute atomic E-state index is 0.0151. The number of methoxy groups -OCH3 is 2. The maximum atomic E-state index is 12.3. The van der Waals surface area contributed by atoms with Gasteiger partial charge >= 0.3 is 0 Å². The maximum Gasteiger partial charge on any atom is 0.226 e. The number of benzene rings is 1. The maximum absolute atomic E-state index is 12.3. The summed E-state index contributed by atoms with van der Waals surface area (Å²) in [4.78, 5) is 12.3. The molecule has 132 valence electrons. The van der Waals surface area contributed by atoms with Crippen molar-refractivity contribution >= 4 is 11.7 Å². The second-order valence-electron chi connectivity index (χ2n) is 6.75. The Balaban J connectivity index is 1.74. The molecule has 1 aromatic heterocycles. The molecule has 2 aliphatic rings. The predicted octanol–water partition coefficient (Wildman–Crippen LogP) is 3.49. The third kappa shape index (κ3) is 2.75. The molecule has 6 heteroatoms. The molecule has 1 unspecified atom stereocenters. The zero-order valence-corrected chi connectivity index (χ0v) is 14.6. The van der Waals surface area contributed by atoms with Crippen LogP contribution in [0.5, 0.6) is 11.5 Å². The lowest BCUT2D eigenvalue weighted by Gasteiger charge is -2.25. The van der Waals surface area contributed by atoms with Gasteiger partial charge in [0.15, 0.2) is 11.5 Å². The molecule has 0 saturated heterocycles. The van der Waals surface area contributed by atoms with Crippen molar-refractivity contribution in [2.45, 2.75) is 44.1 Å². The summed E-state index contributed by atoms with van der Waals surface area (Å²) < 4.78 is 12.8. The molecule has 1 atom stereocenters. The molecule has 0 bridgehead atoms. The standard InChI is InChI=1S/C19H23N3O3/c1-24-16-8-7-12(9-17(16)25-2)14-10-18(23)21-19-15(14)11-20-22(19)13-5-3-4-6-13/h7-9,11,13-14H,3-6,10H2,1-2H3,(H,21,23). The number of rotatable bonds is 4. The van der Waals surface area contributed by atoms with Gasteiger partial charge in [-0.05, 0) is 30.5 Å². The zero-order chi connectivity index (χ0) is 17.4. The minimum atomic E-state index is -0.0151. The summed E-state index contributed by atoms with van der Waals surface area (Å²) in [6.45, 7) is 0. The van der Waals surface area contributed by atoms with Crippen LogP contribution in [-0.4, -0.2) is 29.9 Å². The molecule has 0 radical (unpaired) electrons.